The van der Waals surface area contributed by atoms with Crippen molar-refractivity contribution in [2.45, 2.75) is 104 Å². The van der Waals surface area contributed by atoms with Crippen molar-refractivity contribution in [2.75, 3.05) is 0 Å². The van der Waals surface area contributed by atoms with Crippen LogP contribution in [0.3, 0.4) is 0 Å². The van der Waals surface area contributed by atoms with E-state index in [-0.39, 0.29) is 0 Å². The van der Waals surface area contributed by atoms with E-state index in [1.165, 1.54) is 101 Å². The van der Waals surface area contributed by atoms with Gasteiger partial charge in [0.25, 0.3) is 0 Å². The fraction of sp³-hybridized carbons (Fsp3) is 0.900. The predicted molar refractivity (Wildman–Crippen MR) is 97.8 cm³/mol. The van der Waals surface area contributed by atoms with Gasteiger partial charge >= 0.3 is 0 Å². The predicted octanol–water partition coefficient (Wildman–Crippen LogP) is 6.54. The largest absolute Gasteiger partial charge is 0.160 e. The second kappa shape index (κ2) is 10.2. The quantitative estimate of drug-likeness (QED) is 0.432. The van der Waals surface area contributed by atoms with Gasteiger partial charge in [-0.25, -0.2) is 0 Å². The zero-order valence-electron chi connectivity index (χ0n) is 14.9. The van der Waals surface area contributed by atoms with Gasteiger partial charge in [-0.15, -0.1) is 0 Å². The first kappa shape index (κ1) is 17.7. The van der Waals surface area contributed by atoms with Crippen molar-refractivity contribution >= 4 is 11.4 Å². The molecule has 0 amide bonds. The summed E-state index contributed by atoms with van der Waals surface area (Å²) in [7, 11) is 0. The van der Waals surface area contributed by atoms with E-state index in [4.69, 9.17) is 0 Å². The maximum atomic E-state index is 4.62. The monoisotopic (exact) mass is 304 g/mol. The molecule has 2 heteroatoms. The molecule has 0 unspecified atom stereocenters. The van der Waals surface area contributed by atoms with Gasteiger partial charge in [-0.2, -0.15) is 10.2 Å². The molecule has 1 aliphatic heterocycles. The fourth-order valence-electron chi connectivity index (χ4n) is 4.01. The second-order valence-electron chi connectivity index (χ2n) is 7.43. The average Bonchev–Trinajstić information content (AvgIpc) is 2.57. The van der Waals surface area contributed by atoms with Crippen molar-refractivity contribution in [1.82, 2.24) is 0 Å². The molecule has 0 radical (unpaired) electrons. The first-order chi connectivity index (χ1) is 10.8. The molecular formula is C20H36N2. The number of rotatable bonds is 9. The summed E-state index contributed by atoms with van der Waals surface area (Å²) in [6, 6.07) is 0. The Bertz CT molecular complexity index is 362. The first-order valence-corrected chi connectivity index (χ1v) is 9.95. The van der Waals surface area contributed by atoms with Crippen molar-refractivity contribution in [3.63, 3.8) is 0 Å². The van der Waals surface area contributed by atoms with E-state index < -0.39 is 0 Å². The van der Waals surface area contributed by atoms with Crippen molar-refractivity contribution in [2.24, 2.45) is 22.0 Å². The Labute approximate surface area is 137 Å². The summed E-state index contributed by atoms with van der Waals surface area (Å²) in [5.74, 6) is 1.75. The minimum atomic E-state index is 0.753. The second-order valence-corrected chi connectivity index (χ2v) is 7.43. The molecule has 1 saturated carbocycles. The van der Waals surface area contributed by atoms with Gasteiger partial charge in [-0.05, 0) is 63.2 Å². The minimum Gasteiger partial charge on any atom is -0.160 e. The molecule has 0 spiro atoms. The lowest BCUT2D eigenvalue weighted by Crippen LogP contribution is -2.24. The topological polar surface area (TPSA) is 24.7 Å². The van der Waals surface area contributed by atoms with Crippen LogP contribution in [0.2, 0.25) is 0 Å². The molecule has 0 saturated heterocycles. The van der Waals surface area contributed by atoms with Crippen molar-refractivity contribution < 1.29 is 0 Å². The molecule has 1 fully saturated rings. The van der Waals surface area contributed by atoms with Gasteiger partial charge in [-0.1, -0.05) is 52.4 Å². The third-order valence-electron chi connectivity index (χ3n) is 5.59. The summed E-state index contributed by atoms with van der Waals surface area (Å²) in [6.45, 7) is 4.56. The molecule has 126 valence electrons. The highest BCUT2D eigenvalue weighted by Gasteiger charge is 2.25. The van der Waals surface area contributed by atoms with Gasteiger partial charge in [0.1, 0.15) is 0 Å². The summed E-state index contributed by atoms with van der Waals surface area (Å²) in [5.41, 5.74) is 2.77. The van der Waals surface area contributed by atoms with Crippen LogP contribution in [0.5, 0.6) is 0 Å². The number of nitrogens with zero attached hydrogens (tertiary/aromatic N) is 2. The summed E-state index contributed by atoms with van der Waals surface area (Å²) >= 11 is 0. The molecule has 0 N–H and O–H groups in total. The van der Waals surface area contributed by atoms with Crippen LogP contribution in [-0.4, -0.2) is 11.4 Å². The number of hydrogen-bond donors (Lipinski definition) is 0. The molecule has 2 nitrogen and oxygen atoms in total. The highest BCUT2D eigenvalue weighted by molar-refractivity contribution is 5.95. The highest BCUT2D eigenvalue weighted by atomic mass is 15.2. The third kappa shape index (κ3) is 5.85. The maximum Gasteiger partial charge on any atom is 0.0440 e. The average molecular weight is 305 g/mol. The SMILES string of the molecule is CCCCCC1=NN=C([C@H]2CC[C@H](CCCCC)CC2)CC1. The van der Waals surface area contributed by atoms with E-state index in [9.17, 15) is 0 Å². The normalized spacial score (nSPS) is 25.7. The highest BCUT2D eigenvalue weighted by Crippen LogP contribution is 2.34. The van der Waals surface area contributed by atoms with E-state index in [0.29, 0.717) is 0 Å². The van der Waals surface area contributed by atoms with Gasteiger partial charge in [-0.3, -0.25) is 0 Å². The van der Waals surface area contributed by atoms with E-state index in [1.54, 1.807) is 0 Å². The van der Waals surface area contributed by atoms with Crippen LogP contribution in [0.15, 0.2) is 10.2 Å². The van der Waals surface area contributed by atoms with Crippen LogP contribution in [0.4, 0.5) is 0 Å². The van der Waals surface area contributed by atoms with Gasteiger partial charge < -0.3 is 0 Å². The Hall–Kier alpha value is -0.660. The smallest absolute Gasteiger partial charge is 0.0440 e. The number of hydrogen-bond acceptors (Lipinski definition) is 2. The molecule has 2 rings (SSSR count). The van der Waals surface area contributed by atoms with Crippen LogP contribution in [-0.2, 0) is 0 Å². The Balaban J connectivity index is 1.70. The van der Waals surface area contributed by atoms with Crippen LogP contribution >= 0.6 is 0 Å². The van der Waals surface area contributed by atoms with E-state index in [2.05, 4.69) is 24.1 Å². The lowest BCUT2D eigenvalue weighted by Gasteiger charge is -2.30. The zero-order valence-corrected chi connectivity index (χ0v) is 14.9. The van der Waals surface area contributed by atoms with Crippen LogP contribution < -0.4 is 0 Å². The molecule has 0 atom stereocenters. The first-order valence-electron chi connectivity index (χ1n) is 9.95. The van der Waals surface area contributed by atoms with Crippen LogP contribution in [0.25, 0.3) is 0 Å². The zero-order chi connectivity index (χ0) is 15.6. The lowest BCUT2D eigenvalue weighted by molar-refractivity contribution is 0.297. The van der Waals surface area contributed by atoms with Gasteiger partial charge in [0.05, 0.1) is 0 Å². The van der Waals surface area contributed by atoms with E-state index in [1.807, 2.05) is 0 Å². The summed E-state index contributed by atoms with van der Waals surface area (Å²) in [4.78, 5) is 0. The van der Waals surface area contributed by atoms with E-state index in [0.717, 1.165) is 11.8 Å². The molecule has 22 heavy (non-hydrogen) atoms. The third-order valence-corrected chi connectivity index (χ3v) is 5.59. The Kier molecular flexibility index (Phi) is 8.18. The molecule has 0 aromatic rings. The summed E-state index contributed by atoms with van der Waals surface area (Å²) < 4.78 is 0. The lowest BCUT2D eigenvalue weighted by atomic mass is 9.77. The Morgan fingerprint density at radius 1 is 0.818 bits per heavy atom. The van der Waals surface area contributed by atoms with E-state index >= 15 is 0 Å². The molecule has 0 aromatic carbocycles. The van der Waals surface area contributed by atoms with Crippen LogP contribution in [0, 0.1) is 11.8 Å². The molecule has 0 bridgehead atoms. The van der Waals surface area contributed by atoms with Crippen molar-refractivity contribution in [3.8, 4) is 0 Å². The standard InChI is InChI=1S/C20H36N2/c1-3-5-7-9-17-11-13-18(14-12-17)20-16-15-19(21-22-20)10-8-6-4-2/h17-18H,3-16H2,1-2H3/t17-,18-. The molecule has 2 aliphatic rings. The van der Waals surface area contributed by atoms with Crippen LogP contribution in [0.1, 0.15) is 104 Å². The summed E-state index contributed by atoms with van der Waals surface area (Å²) in [6.07, 6.45) is 18.7. The molecule has 1 aliphatic carbocycles. The van der Waals surface area contributed by atoms with Gasteiger partial charge in [0, 0.05) is 11.4 Å². The Morgan fingerprint density at radius 3 is 2.18 bits per heavy atom. The van der Waals surface area contributed by atoms with Crippen molar-refractivity contribution in [1.29, 1.82) is 0 Å². The Morgan fingerprint density at radius 2 is 1.55 bits per heavy atom. The summed E-state index contributed by atoms with van der Waals surface area (Å²) in [5, 5.41) is 9.16. The molecular weight excluding hydrogens is 268 g/mol. The van der Waals surface area contributed by atoms with Gasteiger partial charge in [0.15, 0.2) is 0 Å². The fourth-order valence-corrected chi connectivity index (χ4v) is 4.01. The van der Waals surface area contributed by atoms with Crippen molar-refractivity contribution in [3.05, 3.63) is 0 Å². The maximum absolute atomic E-state index is 4.62. The number of unbranched alkanes of at least 4 members (excludes halogenated alkanes) is 4. The minimum absolute atomic E-state index is 0.753. The molecule has 1 heterocycles. The molecule has 0 aromatic heterocycles. The van der Waals surface area contributed by atoms with Gasteiger partial charge in [0.2, 0.25) is 0 Å².